The molecule has 5 rings (SSSR count). The van der Waals surface area contributed by atoms with Gasteiger partial charge in [0, 0.05) is 95.5 Å². The van der Waals surface area contributed by atoms with Crippen LogP contribution in [0.1, 0.15) is 108 Å². The number of carbonyl (C=O) groups excluding carboxylic acids is 4. The molecule has 1 aromatic carbocycles. The predicted octanol–water partition coefficient (Wildman–Crippen LogP) is 1.80. The predicted molar refractivity (Wildman–Crippen MR) is 328 cm³/mol. The minimum Gasteiger partial charge on any atom is -0.461 e. The molecule has 1 amide bonds. The summed E-state index contributed by atoms with van der Waals surface area (Å²) in [5.74, 6) is -6.38. The zero-order chi connectivity index (χ0) is 64.5. The number of carbonyl (C=O) groups is 4. The molecule has 0 spiro atoms. The molecule has 88 heavy (non-hydrogen) atoms. The summed E-state index contributed by atoms with van der Waals surface area (Å²) < 4.78 is 24.5. The first kappa shape index (κ1) is 73.6. The summed E-state index contributed by atoms with van der Waals surface area (Å²) in [6, 6.07) is 5.76. The third kappa shape index (κ3) is 24.6. The van der Waals surface area contributed by atoms with Crippen molar-refractivity contribution in [1.82, 2.24) is 9.80 Å². The minimum atomic E-state index is -2.30. The largest absolute Gasteiger partial charge is 0.461 e. The van der Waals surface area contributed by atoms with Crippen LogP contribution < -0.4 is 11.1 Å². The van der Waals surface area contributed by atoms with E-state index in [0.717, 1.165) is 5.69 Å². The second-order valence-electron chi connectivity index (χ2n) is 24.0. The normalized spacial score (nSPS) is 34.4. The maximum Gasteiger partial charge on any atom is 0.308 e. The topological polar surface area (TPSA) is 372 Å². The summed E-state index contributed by atoms with van der Waals surface area (Å²) in [7, 11) is 1.77. The van der Waals surface area contributed by atoms with Crippen LogP contribution in [0, 0.1) is 17.8 Å². The summed E-state index contributed by atoms with van der Waals surface area (Å²) in [4.78, 5) is 57.4. The van der Waals surface area contributed by atoms with Crippen LogP contribution in [0.15, 0.2) is 109 Å². The Morgan fingerprint density at radius 3 is 1.90 bits per heavy atom. The number of β-amino-alcohol motifs (C(OH)–C–C–N with tert-alkyl or cyclic N) is 1. The number of Topliss-reactive ketones (excluding diaryl/α,β-unsaturated/α-hetero) is 2. The van der Waals surface area contributed by atoms with Crippen molar-refractivity contribution < 1.29 is 94.3 Å². The second-order valence-corrected chi connectivity index (χ2v) is 24.0. The fourth-order valence-electron chi connectivity index (χ4n) is 11.6. The molecule has 4 heterocycles. The van der Waals surface area contributed by atoms with Gasteiger partial charge in [-0.15, -0.1) is 0 Å². The van der Waals surface area contributed by atoms with Crippen LogP contribution in [-0.4, -0.2) is 233 Å². The van der Waals surface area contributed by atoms with Crippen LogP contribution in [-0.2, 0) is 33.3 Å². The number of aliphatic hydroxyl groups is 11. The highest BCUT2D eigenvalue weighted by Crippen LogP contribution is 2.39. The van der Waals surface area contributed by atoms with Crippen molar-refractivity contribution in [2.75, 3.05) is 51.7 Å². The molecular formula is C65H98N4O19. The monoisotopic (exact) mass is 1240 g/mol. The van der Waals surface area contributed by atoms with Crippen molar-refractivity contribution in [3.05, 3.63) is 115 Å². The van der Waals surface area contributed by atoms with Gasteiger partial charge in [0.15, 0.2) is 17.9 Å². The maximum atomic E-state index is 14.5. The lowest BCUT2D eigenvalue weighted by Crippen LogP contribution is -2.62. The zero-order valence-corrected chi connectivity index (χ0v) is 51.2. The van der Waals surface area contributed by atoms with Crippen molar-refractivity contribution in [2.24, 2.45) is 23.5 Å². The number of ether oxygens (including phenoxy) is 4. The summed E-state index contributed by atoms with van der Waals surface area (Å²) in [5, 5.41) is 124. The van der Waals surface area contributed by atoms with Crippen LogP contribution in [0.2, 0.25) is 0 Å². The quantitative estimate of drug-likeness (QED) is 0.0989. The molecular weight excluding hydrogens is 1140 g/mol. The number of anilines is 1. The fraction of sp³-hybridized carbons (Fsp3) is 0.631. The van der Waals surface area contributed by atoms with Gasteiger partial charge in [-0.05, 0) is 69.2 Å². The number of cyclic esters (lactones) is 1. The van der Waals surface area contributed by atoms with Gasteiger partial charge in [0.1, 0.15) is 18.0 Å². The standard InChI is InChI=1S/C65H98N4O19/c1-41-17-15-13-11-9-7-5-6-8-10-12-14-16-18-53(86-64-61(82)59(66)60(81)43(3)85-64)38-56-58(63(83)69-27-25-68(26-28-69)29-30-70)55(79)40-65(84,88-56)39-52(77)35-50(75)33-48(73)31-47(72)32-49(74)34-51(76)37-57(80)87-62(41)42(2)19-24-46(71)36-54(78)44-20-22-45(67-4)23-21-44/h5-18,20-23,41-43,46-48,50-53,55-56,58-62,64,67,70-73,75-77,79,81-82,84H,19,24-40,66H2,1-4H3/t41?,42?,43-,46?,47?,48?,50?,51?,52?,53?,55?,56?,58?,59+,60-,61+,62?,64+,65?/m1/s1. The molecule has 0 aromatic heterocycles. The van der Waals surface area contributed by atoms with Crippen LogP contribution in [0.4, 0.5) is 5.69 Å². The van der Waals surface area contributed by atoms with Gasteiger partial charge >= 0.3 is 5.97 Å². The van der Waals surface area contributed by atoms with E-state index in [-0.39, 0.29) is 69.4 Å². The number of allylic oxidation sites excluding steroid dienone is 12. The van der Waals surface area contributed by atoms with E-state index in [4.69, 9.17) is 24.7 Å². The van der Waals surface area contributed by atoms with E-state index >= 15 is 0 Å². The van der Waals surface area contributed by atoms with E-state index in [0.29, 0.717) is 31.6 Å². The molecule has 19 atom stereocenters. The van der Waals surface area contributed by atoms with Crippen molar-refractivity contribution in [3.63, 3.8) is 0 Å². The van der Waals surface area contributed by atoms with E-state index in [1.807, 2.05) is 24.8 Å². The average Bonchev–Trinajstić information content (AvgIpc) is 2.33. The lowest BCUT2D eigenvalue weighted by atomic mass is 9.81. The number of hydrogen-bond acceptors (Lipinski definition) is 22. The molecule has 1 aromatic rings. The highest BCUT2D eigenvalue weighted by atomic mass is 16.7. The van der Waals surface area contributed by atoms with Gasteiger partial charge in [0.2, 0.25) is 5.91 Å². The van der Waals surface area contributed by atoms with E-state index in [2.05, 4.69) is 5.32 Å². The Hall–Kier alpha value is -5.16. The summed E-state index contributed by atoms with van der Waals surface area (Å²) in [6.45, 7) is 7.05. The molecule has 0 radical (unpaired) electrons. The van der Waals surface area contributed by atoms with Crippen LogP contribution in [0.25, 0.3) is 0 Å². The van der Waals surface area contributed by atoms with Crippen LogP contribution in [0.3, 0.4) is 0 Å². The third-order valence-electron chi connectivity index (χ3n) is 16.5. The molecule has 3 fully saturated rings. The molecule has 492 valence electrons. The summed E-state index contributed by atoms with van der Waals surface area (Å²) in [5.41, 5.74) is 7.47. The number of esters is 1. The average molecular weight is 1240 g/mol. The van der Waals surface area contributed by atoms with E-state index in [1.165, 1.54) is 0 Å². The molecule has 4 aliphatic rings. The number of hydrogen-bond donors (Lipinski definition) is 13. The summed E-state index contributed by atoms with van der Waals surface area (Å²) >= 11 is 0. The number of rotatable bonds is 13. The number of nitrogens with two attached hydrogens (primary N) is 1. The van der Waals surface area contributed by atoms with Crippen LogP contribution in [0.5, 0.6) is 0 Å². The lowest BCUT2D eigenvalue weighted by molar-refractivity contribution is -0.308. The van der Waals surface area contributed by atoms with Gasteiger partial charge in [-0.2, -0.15) is 0 Å². The number of nitrogens with zero attached hydrogens (tertiary/aromatic N) is 2. The Kier molecular flexibility index (Phi) is 31.1. The Bertz CT molecular complexity index is 2520. The fourth-order valence-corrected chi connectivity index (χ4v) is 11.6. The number of amides is 1. The first-order chi connectivity index (χ1) is 41.9. The maximum absolute atomic E-state index is 14.5. The molecule has 2 bridgehead atoms. The molecule has 0 aliphatic carbocycles. The Labute approximate surface area is 516 Å². The molecule has 14 N–H and O–H groups in total. The van der Waals surface area contributed by atoms with Gasteiger partial charge in [-0.3, -0.25) is 24.1 Å². The van der Waals surface area contributed by atoms with Gasteiger partial charge in [-0.1, -0.05) is 98.9 Å². The third-order valence-corrected chi connectivity index (χ3v) is 16.5. The van der Waals surface area contributed by atoms with E-state index in [9.17, 15) is 75.3 Å². The van der Waals surface area contributed by atoms with E-state index < -0.39 is 160 Å². The number of fused-ring (bicyclic) bond motifs is 2. The smallest absolute Gasteiger partial charge is 0.308 e. The second kappa shape index (κ2) is 37.2. The highest BCUT2D eigenvalue weighted by molar-refractivity contribution is 5.96. The Morgan fingerprint density at radius 1 is 0.727 bits per heavy atom. The Balaban J connectivity index is 1.36. The number of ketones is 2. The number of piperazine rings is 1. The first-order valence-electron chi connectivity index (χ1n) is 30.8. The van der Waals surface area contributed by atoms with Gasteiger partial charge in [-0.25, -0.2) is 0 Å². The molecule has 23 nitrogen and oxygen atoms in total. The zero-order valence-electron chi connectivity index (χ0n) is 51.2. The van der Waals surface area contributed by atoms with Crippen molar-refractivity contribution in [1.29, 1.82) is 0 Å². The minimum absolute atomic E-state index is 0.0672. The van der Waals surface area contributed by atoms with Gasteiger partial charge < -0.3 is 91.1 Å². The van der Waals surface area contributed by atoms with Crippen LogP contribution >= 0.6 is 0 Å². The molecule has 4 aliphatic heterocycles. The molecule has 0 saturated carbocycles. The van der Waals surface area contributed by atoms with E-state index in [1.54, 1.807) is 122 Å². The molecule has 14 unspecified atom stereocenters. The summed E-state index contributed by atoms with van der Waals surface area (Å²) in [6.07, 6.45) is 3.15. The van der Waals surface area contributed by atoms with Crippen molar-refractivity contribution >= 4 is 29.1 Å². The number of benzene rings is 1. The highest BCUT2D eigenvalue weighted by Gasteiger charge is 2.52. The SMILES string of the molecule is CNc1ccc(C(=O)CC(O)CCC(C)C2OC(=O)CC(O)CC(=O)CC(O)CC(O)CC(O)CC(O)CC3(O)CC(O)C(C(=O)N4CCN(CCO)CC4)C(CC(O[C@@H]4O[C@H](C)[C@@H](O)[C@H](N)[C@@H]4O)C=CC=CC=CC=CC=CC=CC=CC2C)O3)cc1. The number of nitrogens with one attached hydrogen (secondary N) is 1. The Morgan fingerprint density at radius 2 is 1.30 bits per heavy atom. The number of aliphatic hydroxyl groups excluding tert-OH is 10. The van der Waals surface area contributed by atoms with Gasteiger partial charge in [0.05, 0.1) is 92.1 Å². The van der Waals surface area contributed by atoms with Crippen molar-refractivity contribution in [3.8, 4) is 0 Å². The van der Waals surface area contributed by atoms with Gasteiger partial charge in [0.25, 0.3) is 0 Å². The lowest BCUT2D eigenvalue weighted by Gasteiger charge is -2.47. The first-order valence-corrected chi connectivity index (χ1v) is 30.8. The molecule has 3 saturated heterocycles. The molecule has 23 heteroatoms. The van der Waals surface area contributed by atoms with Crippen molar-refractivity contribution in [2.45, 2.75) is 195 Å².